The Morgan fingerprint density at radius 1 is 1.57 bits per heavy atom. The van der Waals surface area contributed by atoms with E-state index in [1.165, 1.54) is 0 Å². The molecule has 1 aromatic carbocycles. The Morgan fingerprint density at radius 3 is 3.00 bits per heavy atom. The molecule has 0 aromatic heterocycles. The molecule has 1 rings (SSSR count). The molecule has 0 aliphatic carbocycles. The van der Waals surface area contributed by atoms with E-state index >= 15 is 0 Å². The van der Waals surface area contributed by atoms with Gasteiger partial charge in [-0.3, -0.25) is 9.63 Å². The van der Waals surface area contributed by atoms with Crippen LogP contribution in [0.25, 0.3) is 0 Å². The van der Waals surface area contributed by atoms with Gasteiger partial charge in [0, 0.05) is 11.6 Å². The molecule has 0 saturated carbocycles. The van der Waals surface area contributed by atoms with E-state index in [9.17, 15) is 4.79 Å². The zero-order valence-electron chi connectivity index (χ0n) is 7.50. The smallest absolute Gasteiger partial charge is 0.245 e. The SMILES string of the molecule is NC(=O)CONCc1cccc(Cl)c1. The first-order valence-corrected chi connectivity index (χ1v) is 4.43. The van der Waals surface area contributed by atoms with Gasteiger partial charge in [-0.05, 0) is 17.7 Å². The highest BCUT2D eigenvalue weighted by Gasteiger charge is 1.95. The van der Waals surface area contributed by atoms with E-state index in [0.29, 0.717) is 11.6 Å². The monoisotopic (exact) mass is 214 g/mol. The van der Waals surface area contributed by atoms with E-state index in [0.717, 1.165) is 5.56 Å². The predicted molar refractivity (Wildman–Crippen MR) is 53.4 cm³/mol. The standard InChI is InChI=1S/C9H11ClN2O2/c10-8-3-1-2-7(4-8)5-12-14-6-9(11)13/h1-4,12H,5-6H2,(H2,11,13). The predicted octanol–water partition coefficient (Wildman–Crippen LogP) is 0.847. The number of amides is 1. The summed E-state index contributed by atoms with van der Waals surface area (Å²) in [6, 6.07) is 7.33. The van der Waals surface area contributed by atoms with Gasteiger partial charge in [-0.2, -0.15) is 5.48 Å². The molecule has 4 nitrogen and oxygen atoms in total. The number of primary amides is 1. The van der Waals surface area contributed by atoms with Crippen LogP contribution in [0.5, 0.6) is 0 Å². The lowest BCUT2D eigenvalue weighted by atomic mass is 10.2. The highest BCUT2D eigenvalue weighted by Crippen LogP contribution is 2.09. The van der Waals surface area contributed by atoms with Crippen molar-refractivity contribution in [2.45, 2.75) is 6.54 Å². The van der Waals surface area contributed by atoms with Gasteiger partial charge in [-0.15, -0.1) is 0 Å². The second-order valence-electron chi connectivity index (χ2n) is 2.71. The molecule has 0 unspecified atom stereocenters. The lowest BCUT2D eigenvalue weighted by molar-refractivity contribution is -0.125. The van der Waals surface area contributed by atoms with Gasteiger partial charge in [-0.25, -0.2) is 0 Å². The summed E-state index contributed by atoms with van der Waals surface area (Å²) in [5.74, 6) is -0.511. The Labute approximate surface area is 86.9 Å². The van der Waals surface area contributed by atoms with Gasteiger partial charge >= 0.3 is 0 Å². The number of nitrogens with two attached hydrogens (primary N) is 1. The number of halogens is 1. The third-order valence-corrected chi connectivity index (χ3v) is 1.72. The van der Waals surface area contributed by atoms with Gasteiger partial charge in [0.05, 0.1) is 0 Å². The quantitative estimate of drug-likeness (QED) is 0.564. The van der Waals surface area contributed by atoms with Crippen molar-refractivity contribution in [3.05, 3.63) is 34.9 Å². The first-order chi connectivity index (χ1) is 6.68. The molecule has 3 N–H and O–H groups in total. The highest BCUT2D eigenvalue weighted by molar-refractivity contribution is 6.30. The minimum Gasteiger partial charge on any atom is -0.368 e. The van der Waals surface area contributed by atoms with Crippen LogP contribution in [0.4, 0.5) is 0 Å². The van der Waals surface area contributed by atoms with E-state index in [2.05, 4.69) is 5.48 Å². The summed E-state index contributed by atoms with van der Waals surface area (Å²) in [7, 11) is 0. The molecular weight excluding hydrogens is 204 g/mol. The van der Waals surface area contributed by atoms with Crippen molar-refractivity contribution in [1.29, 1.82) is 0 Å². The van der Waals surface area contributed by atoms with Crippen LogP contribution in [-0.4, -0.2) is 12.5 Å². The summed E-state index contributed by atoms with van der Waals surface area (Å²) in [5, 5.41) is 0.666. The fourth-order valence-electron chi connectivity index (χ4n) is 0.903. The minimum absolute atomic E-state index is 0.138. The topological polar surface area (TPSA) is 64.4 Å². The average molecular weight is 215 g/mol. The van der Waals surface area contributed by atoms with Gasteiger partial charge in [0.2, 0.25) is 5.91 Å². The Hall–Kier alpha value is -1.10. The number of carbonyl (C=O) groups excluding carboxylic acids is 1. The molecule has 14 heavy (non-hydrogen) atoms. The first kappa shape index (κ1) is 11.0. The Morgan fingerprint density at radius 2 is 2.36 bits per heavy atom. The maximum atomic E-state index is 10.3. The zero-order chi connectivity index (χ0) is 10.4. The number of carbonyl (C=O) groups is 1. The number of rotatable bonds is 5. The summed E-state index contributed by atoms with van der Waals surface area (Å²) in [6.07, 6.45) is 0. The van der Waals surface area contributed by atoms with Crippen molar-refractivity contribution in [3.63, 3.8) is 0 Å². The lowest BCUT2D eigenvalue weighted by Gasteiger charge is -2.04. The molecule has 0 saturated heterocycles. The second-order valence-corrected chi connectivity index (χ2v) is 3.14. The van der Waals surface area contributed by atoms with Crippen molar-refractivity contribution in [2.24, 2.45) is 5.73 Å². The van der Waals surface area contributed by atoms with Crippen LogP contribution in [0.1, 0.15) is 5.56 Å². The van der Waals surface area contributed by atoms with E-state index in [1.807, 2.05) is 18.2 Å². The molecule has 76 valence electrons. The molecule has 0 spiro atoms. The van der Waals surface area contributed by atoms with Crippen molar-refractivity contribution < 1.29 is 9.63 Å². The molecular formula is C9H11ClN2O2. The second kappa shape index (κ2) is 5.59. The van der Waals surface area contributed by atoms with Crippen LogP contribution in [-0.2, 0) is 16.2 Å². The number of hydroxylamine groups is 1. The molecule has 0 atom stereocenters. The molecule has 1 aromatic rings. The first-order valence-electron chi connectivity index (χ1n) is 4.06. The van der Waals surface area contributed by atoms with E-state index in [-0.39, 0.29) is 6.61 Å². The Balaban J connectivity index is 2.28. The molecule has 0 fully saturated rings. The molecule has 1 amide bonds. The fraction of sp³-hybridized carbons (Fsp3) is 0.222. The maximum Gasteiger partial charge on any atom is 0.245 e. The van der Waals surface area contributed by atoms with Crippen molar-refractivity contribution in [2.75, 3.05) is 6.61 Å². The lowest BCUT2D eigenvalue weighted by Crippen LogP contribution is -2.24. The average Bonchev–Trinajstić information content (AvgIpc) is 2.12. The van der Waals surface area contributed by atoms with Crippen LogP contribution >= 0.6 is 11.6 Å². The summed E-state index contributed by atoms with van der Waals surface area (Å²) in [6.45, 7) is 0.342. The van der Waals surface area contributed by atoms with E-state index < -0.39 is 5.91 Å². The van der Waals surface area contributed by atoms with Gasteiger partial charge in [0.1, 0.15) is 6.61 Å². The number of hydrogen-bond donors (Lipinski definition) is 2. The Kier molecular flexibility index (Phi) is 4.39. The molecule has 0 bridgehead atoms. The van der Waals surface area contributed by atoms with Crippen LogP contribution in [0.3, 0.4) is 0 Å². The molecule has 0 aliphatic heterocycles. The summed E-state index contributed by atoms with van der Waals surface area (Å²) in [5.41, 5.74) is 8.45. The minimum atomic E-state index is -0.511. The molecule has 0 heterocycles. The van der Waals surface area contributed by atoms with Crippen molar-refractivity contribution >= 4 is 17.5 Å². The maximum absolute atomic E-state index is 10.3. The van der Waals surface area contributed by atoms with Crippen LogP contribution in [0.2, 0.25) is 5.02 Å². The normalized spacial score (nSPS) is 10.1. The highest BCUT2D eigenvalue weighted by atomic mass is 35.5. The Bertz CT molecular complexity index is 317. The van der Waals surface area contributed by atoms with Gasteiger partial charge < -0.3 is 5.73 Å². The van der Waals surface area contributed by atoms with Gasteiger partial charge in [0.25, 0.3) is 0 Å². The molecule has 0 radical (unpaired) electrons. The molecule has 5 heteroatoms. The van der Waals surface area contributed by atoms with E-state index in [4.69, 9.17) is 22.2 Å². The van der Waals surface area contributed by atoms with Crippen molar-refractivity contribution in [1.82, 2.24) is 5.48 Å². The third-order valence-electron chi connectivity index (χ3n) is 1.48. The summed E-state index contributed by atoms with van der Waals surface area (Å²) >= 11 is 5.77. The van der Waals surface area contributed by atoms with E-state index in [1.54, 1.807) is 6.07 Å². The number of hydrogen-bond acceptors (Lipinski definition) is 3. The number of benzene rings is 1. The van der Waals surface area contributed by atoms with Gasteiger partial charge in [-0.1, -0.05) is 23.7 Å². The largest absolute Gasteiger partial charge is 0.368 e. The van der Waals surface area contributed by atoms with Crippen LogP contribution in [0.15, 0.2) is 24.3 Å². The van der Waals surface area contributed by atoms with Crippen LogP contribution < -0.4 is 11.2 Å². The zero-order valence-corrected chi connectivity index (χ0v) is 8.25. The van der Waals surface area contributed by atoms with Gasteiger partial charge in [0.15, 0.2) is 0 Å². The van der Waals surface area contributed by atoms with Crippen molar-refractivity contribution in [3.8, 4) is 0 Å². The summed E-state index contributed by atoms with van der Waals surface area (Å²) in [4.78, 5) is 15.1. The number of nitrogens with one attached hydrogen (secondary N) is 1. The summed E-state index contributed by atoms with van der Waals surface area (Å²) < 4.78 is 0. The van der Waals surface area contributed by atoms with Crippen LogP contribution in [0, 0.1) is 0 Å². The third kappa shape index (κ3) is 4.23. The fourth-order valence-corrected chi connectivity index (χ4v) is 1.12. The molecule has 0 aliphatic rings.